The van der Waals surface area contributed by atoms with E-state index in [1.807, 2.05) is 97.1 Å². The van der Waals surface area contributed by atoms with Crippen LogP contribution in [0.3, 0.4) is 0 Å². The van der Waals surface area contributed by atoms with E-state index in [1.165, 1.54) is 0 Å². The maximum atomic E-state index is 13.8. The summed E-state index contributed by atoms with van der Waals surface area (Å²) >= 11 is 0. The first kappa shape index (κ1) is 38.6. The highest BCUT2D eigenvalue weighted by Gasteiger charge is 2.30. The lowest BCUT2D eigenvalue weighted by molar-refractivity contribution is 0.0514. The predicted molar refractivity (Wildman–Crippen MR) is 219 cm³/mol. The maximum Gasteiger partial charge on any atom is 0.341 e. The first-order valence-electron chi connectivity index (χ1n) is 18.0. The normalized spacial score (nSPS) is 11.6. The minimum atomic E-state index is -0.560. The van der Waals surface area contributed by atoms with E-state index in [0.717, 1.165) is 32.7 Å². The minimum absolute atomic E-state index is 0.160. The number of para-hydroxylation sites is 2. The van der Waals surface area contributed by atoms with Gasteiger partial charge in [0.2, 0.25) is 0 Å². The van der Waals surface area contributed by atoms with Crippen molar-refractivity contribution < 1.29 is 37.2 Å². The zero-order chi connectivity index (χ0) is 38.2. The number of hydrogen-bond acceptors (Lipinski definition) is 8. The van der Waals surface area contributed by atoms with E-state index in [-0.39, 0.29) is 47.7 Å². The number of carbonyl (C=O) groups is 2. The van der Waals surface area contributed by atoms with Crippen molar-refractivity contribution in [2.45, 2.75) is 53.4 Å². The molecule has 278 valence electrons. The van der Waals surface area contributed by atoms with E-state index in [1.54, 1.807) is 26.0 Å². The number of esters is 2. The van der Waals surface area contributed by atoms with Crippen LogP contribution < -0.4 is 18.1 Å². The minimum Gasteiger partial charge on any atom is -0.462 e. The van der Waals surface area contributed by atoms with Crippen LogP contribution in [0.2, 0.25) is 0 Å². The number of hydrogen-bond donors (Lipinski definition) is 0. The Morgan fingerprint density at radius 1 is 0.519 bits per heavy atom. The second-order valence-corrected chi connectivity index (χ2v) is 14.2. The van der Waals surface area contributed by atoms with Crippen molar-refractivity contribution in [3.8, 4) is 34.1 Å². The highest BCUT2D eigenvalue weighted by atomic mass is 31.1. The smallest absolute Gasteiger partial charge is 0.341 e. The lowest BCUT2D eigenvalue weighted by atomic mass is 9.89. The van der Waals surface area contributed by atoms with Crippen LogP contribution in [0.4, 0.5) is 0 Å². The van der Waals surface area contributed by atoms with Crippen molar-refractivity contribution in [3.63, 3.8) is 0 Å². The molecule has 54 heavy (non-hydrogen) atoms. The Labute approximate surface area is 320 Å². The Hall–Kier alpha value is -5.16. The molecule has 0 aliphatic carbocycles. The van der Waals surface area contributed by atoms with E-state index in [2.05, 4.69) is 27.7 Å². The number of benzene rings is 6. The van der Waals surface area contributed by atoms with E-state index >= 15 is 0 Å². The van der Waals surface area contributed by atoms with Gasteiger partial charge in [-0.25, -0.2) is 9.59 Å². The monoisotopic (exact) mass is 762 g/mol. The summed E-state index contributed by atoms with van der Waals surface area (Å²) in [4.78, 5) is 27.7. The van der Waals surface area contributed by atoms with E-state index in [0.29, 0.717) is 22.6 Å². The molecule has 0 radical (unpaired) electrons. The van der Waals surface area contributed by atoms with Gasteiger partial charge in [0.15, 0.2) is 0 Å². The average Bonchev–Trinajstić information content (AvgIpc) is 3.17. The molecule has 6 aromatic carbocycles. The topological polar surface area (TPSA) is 89.5 Å². The fraction of sp³-hybridized carbons (Fsp3) is 0.227. The Morgan fingerprint density at radius 2 is 0.889 bits per heavy atom. The van der Waals surface area contributed by atoms with Crippen molar-refractivity contribution >= 4 is 51.6 Å². The molecule has 6 rings (SSSR count). The van der Waals surface area contributed by atoms with Crippen molar-refractivity contribution in [2.24, 2.45) is 0 Å². The molecule has 0 saturated carbocycles. The van der Waals surface area contributed by atoms with Crippen molar-refractivity contribution in [1.29, 1.82) is 0 Å². The summed E-state index contributed by atoms with van der Waals surface area (Å²) in [5.74, 6) is 1.14. The number of fused-ring (bicyclic) bond motifs is 2. The fourth-order valence-corrected chi connectivity index (χ4v) is 7.63. The van der Waals surface area contributed by atoms with Crippen molar-refractivity contribution in [2.75, 3.05) is 13.2 Å². The first-order chi connectivity index (χ1) is 26.2. The Balaban J connectivity index is 1.60. The molecule has 0 amide bonds. The summed E-state index contributed by atoms with van der Waals surface area (Å²) in [5.41, 5.74) is 3.55. The van der Waals surface area contributed by atoms with Gasteiger partial charge < -0.3 is 27.6 Å². The molecule has 0 bridgehead atoms. The molecule has 10 heteroatoms. The molecular formula is C44H44O8P2. The summed E-state index contributed by atoms with van der Waals surface area (Å²) in [7, 11) is -1.08. The number of carbonyl (C=O) groups excluding carboxylic acids is 2. The highest BCUT2D eigenvalue weighted by molar-refractivity contribution is 7.27. The second-order valence-electron chi connectivity index (χ2n) is 13.1. The molecular weight excluding hydrogens is 718 g/mol. The van der Waals surface area contributed by atoms with Gasteiger partial charge in [-0.05, 0) is 82.6 Å². The third-order valence-corrected chi connectivity index (χ3v) is 10.1. The van der Waals surface area contributed by atoms with E-state index in [9.17, 15) is 9.59 Å². The largest absolute Gasteiger partial charge is 0.462 e. The van der Waals surface area contributed by atoms with Crippen LogP contribution >= 0.6 is 18.1 Å². The number of ether oxygens (including phenoxy) is 2. The SMILES string of the molecule is CCOC(=O)c1cc2ccccc2c(-c2c(OPOc3ccccc3C(C)C)c(C(=O)OCC)cc3ccccc23)c1OPOc1ccccc1C(C)C. The average molecular weight is 763 g/mol. The molecule has 0 aliphatic rings. The van der Waals surface area contributed by atoms with Gasteiger partial charge in [0.25, 0.3) is 18.1 Å². The predicted octanol–water partition coefficient (Wildman–Crippen LogP) is 12.2. The lowest BCUT2D eigenvalue weighted by Gasteiger charge is -2.23. The van der Waals surface area contributed by atoms with Gasteiger partial charge >= 0.3 is 11.9 Å². The van der Waals surface area contributed by atoms with Crippen LogP contribution in [-0.4, -0.2) is 25.2 Å². The molecule has 2 atom stereocenters. The number of rotatable bonds is 15. The van der Waals surface area contributed by atoms with Crippen LogP contribution in [0.5, 0.6) is 23.0 Å². The van der Waals surface area contributed by atoms with Crippen LogP contribution in [-0.2, 0) is 9.47 Å². The Morgan fingerprint density at radius 3 is 1.28 bits per heavy atom. The van der Waals surface area contributed by atoms with Crippen molar-refractivity contribution in [3.05, 3.63) is 131 Å². The molecule has 2 unspecified atom stereocenters. The molecule has 6 aromatic rings. The third-order valence-electron chi connectivity index (χ3n) is 8.92. The molecule has 0 saturated heterocycles. The van der Waals surface area contributed by atoms with Gasteiger partial charge in [-0.2, -0.15) is 0 Å². The molecule has 0 N–H and O–H groups in total. The van der Waals surface area contributed by atoms with Gasteiger partial charge in [-0.1, -0.05) is 113 Å². The second kappa shape index (κ2) is 17.8. The maximum absolute atomic E-state index is 13.8. The summed E-state index contributed by atoms with van der Waals surface area (Å²) < 4.78 is 37.0. The van der Waals surface area contributed by atoms with Gasteiger partial charge in [0.05, 0.1) is 13.2 Å². The van der Waals surface area contributed by atoms with Gasteiger partial charge in [0.1, 0.15) is 34.1 Å². The zero-order valence-electron chi connectivity index (χ0n) is 31.2. The summed E-state index contributed by atoms with van der Waals surface area (Å²) in [6.07, 6.45) is 0. The molecule has 0 aliphatic heterocycles. The third kappa shape index (κ3) is 8.31. The van der Waals surface area contributed by atoms with Crippen molar-refractivity contribution in [1.82, 2.24) is 0 Å². The summed E-state index contributed by atoms with van der Waals surface area (Å²) in [6.45, 7) is 12.2. The molecule has 0 aromatic heterocycles. The lowest BCUT2D eigenvalue weighted by Crippen LogP contribution is -2.10. The quantitative estimate of drug-likeness (QED) is 0.0754. The Bertz CT molecular complexity index is 2120. The van der Waals surface area contributed by atoms with Crippen LogP contribution in [0.1, 0.15) is 85.2 Å². The van der Waals surface area contributed by atoms with E-state index < -0.39 is 30.0 Å². The summed E-state index contributed by atoms with van der Waals surface area (Å²) in [6, 6.07) is 34.6. The summed E-state index contributed by atoms with van der Waals surface area (Å²) in [5, 5.41) is 3.05. The molecule has 0 heterocycles. The Kier molecular flexibility index (Phi) is 12.7. The van der Waals surface area contributed by atoms with Crippen LogP contribution in [0.25, 0.3) is 32.7 Å². The molecule has 8 nitrogen and oxygen atoms in total. The fourth-order valence-electron chi connectivity index (χ4n) is 6.40. The van der Waals surface area contributed by atoms with Gasteiger partial charge in [-0.3, -0.25) is 0 Å². The zero-order valence-corrected chi connectivity index (χ0v) is 33.2. The molecule has 0 fully saturated rings. The molecule has 0 spiro atoms. The highest BCUT2D eigenvalue weighted by Crippen LogP contribution is 2.51. The van der Waals surface area contributed by atoms with Crippen LogP contribution in [0.15, 0.2) is 109 Å². The van der Waals surface area contributed by atoms with Crippen LogP contribution in [0, 0.1) is 0 Å². The standard InChI is InChI=1S/C44H44O8P2/c1-7-47-43(45)35-25-29-17-9-11-21-33(29)39(41(35)51-53-49-37-23-15-13-19-31(37)27(3)4)40-34-22-12-10-18-30(34)26-36(44(46)48-8-2)42(40)52-54-50-38-24-16-14-20-32(38)28(5)6/h9-28,53-54H,7-8H2,1-6H3. The van der Waals surface area contributed by atoms with Gasteiger partial charge in [0, 0.05) is 11.1 Å². The van der Waals surface area contributed by atoms with E-state index in [4.69, 9.17) is 27.6 Å². The van der Waals surface area contributed by atoms with Gasteiger partial charge in [-0.15, -0.1) is 0 Å². The first-order valence-corrected chi connectivity index (χ1v) is 19.7.